The van der Waals surface area contributed by atoms with Gasteiger partial charge in [-0.1, -0.05) is 42.5 Å². The first-order valence-corrected chi connectivity index (χ1v) is 7.52. The van der Waals surface area contributed by atoms with Crippen LogP contribution in [-0.4, -0.2) is 9.97 Å². The first kappa shape index (κ1) is 12.4. The molecule has 0 atom stereocenters. The van der Waals surface area contributed by atoms with Crippen molar-refractivity contribution >= 4 is 33.0 Å². The SMILES string of the molecule is c1cnc2c(-c3ccc4c(n3)oc3ccccc34)cccc2c1. The molecule has 3 heterocycles. The molecule has 0 saturated carbocycles. The van der Waals surface area contributed by atoms with Crippen LogP contribution in [0.3, 0.4) is 0 Å². The summed E-state index contributed by atoms with van der Waals surface area (Å²) in [4.78, 5) is 9.24. The zero-order valence-corrected chi connectivity index (χ0v) is 12.2. The minimum Gasteiger partial charge on any atom is -0.438 e. The van der Waals surface area contributed by atoms with Crippen LogP contribution >= 0.6 is 0 Å². The van der Waals surface area contributed by atoms with Crippen LogP contribution in [0.1, 0.15) is 0 Å². The number of hydrogen-bond acceptors (Lipinski definition) is 3. The van der Waals surface area contributed by atoms with Crippen molar-refractivity contribution in [3.8, 4) is 11.3 Å². The third kappa shape index (κ3) is 1.83. The maximum atomic E-state index is 5.90. The fourth-order valence-corrected chi connectivity index (χ4v) is 3.07. The fraction of sp³-hybridized carbons (Fsp3) is 0. The first-order chi connectivity index (χ1) is 11.4. The van der Waals surface area contributed by atoms with Crippen molar-refractivity contribution in [2.45, 2.75) is 0 Å². The Morgan fingerprint density at radius 2 is 1.65 bits per heavy atom. The van der Waals surface area contributed by atoms with Gasteiger partial charge in [0, 0.05) is 27.9 Å². The highest BCUT2D eigenvalue weighted by Crippen LogP contribution is 2.31. The molecule has 5 rings (SSSR count). The zero-order chi connectivity index (χ0) is 15.2. The van der Waals surface area contributed by atoms with Crippen molar-refractivity contribution in [3.05, 3.63) is 72.9 Å². The summed E-state index contributed by atoms with van der Waals surface area (Å²) < 4.78 is 5.90. The molecule has 0 fully saturated rings. The van der Waals surface area contributed by atoms with E-state index in [2.05, 4.69) is 29.2 Å². The molecule has 0 N–H and O–H groups in total. The van der Waals surface area contributed by atoms with Crippen LogP contribution in [0.4, 0.5) is 0 Å². The number of para-hydroxylation sites is 2. The summed E-state index contributed by atoms with van der Waals surface area (Å²) in [6, 6.07) is 22.3. The summed E-state index contributed by atoms with van der Waals surface area (Å²) in [5.74, 6) is 0. The second-order valence-electron chi connectivity index (χ2n) is 5.53. The number of aromatic nitrogens is 2. The summed E-state index contributed by atoms with van der Waals surface area (Å²) in [7, 11) is 0. The zero-order valence-electron chi connectivity index (χ0n) is 12.2. The van der Waals surface area contributed by atoms with Gasteiger partial charge in [0.05, 0.1) is 11.2 Å². The van der Waals surface area contributed by atoms with Crippen LogP contribution in [0.5, 0.6) is 0 Å². The van der Waals surface area contributed by atoms with Crippen molar-refractivity contribution in [2.24, 2.45) is 0 Å². The average Bonchev–Trinajstić information content (AvgIpc) is 2.99. The molecule has 3 aromatic heterocycles. The third-order valence-electron chi connectivity index (χ3n) is 4.15. The summed E-state index contributed by atoms with van der Waals surface area (Å²) in [5.41, 5.74) is 4.38. The second-order valence-corrected chi connectivity index (χ2v) is 5.53. The molecule has 0 radical (unpaired) electrons. The van der Waals surface area contributed by atoms with E-state index in [1.165, 1.54) is 0 Å². The Hall–Kier alpha value is -3.20. The van der Waals surface area contributed by atoms with Gasteiger partial charge in [-0.05, 0) is 24.3 Å². The van der Waals surface area contributed by atoms with Crippen molar-refractivity contribution in [3.63, 3.8) is 0 Å². The predicted octanol–water partition coefficient (Wildman–Crippen LogP) is 5.20. The van der Waals surface area contributed by atoms with Crippen LogP contribution in [0.25, 0.3) is 44.2 Å². The van der Waals surface area contributed by atoms with Gasteiger partial charge >= 0.3 is 0 Å². The van der Waals surface area contributed by atoms with Crippen LogP contribution in [-0.2, 0) is 0 Å². The number of nitrogens with zero attached hydrogens (tertiary/aromatic N) is 2. The first-order valence-electron chi connectivity index (χ1n) is 7.52. The maximum absolute atomic E-state index is 5.90. The van der Waals surface area contributed by atoms with E-state index < -0.39 is 0 Å². The third-order valence-corrected chi connectivity index (χ3v) is 4.15. The van der Waals surface area contributed by atoms with E-state index in [4.69, 9.17) is 9.40 Å². The monoisotopic (exact) mass is 296 g/mol. The van der Waals surface area contributed by atoms with Gasteiger partial charge in [-0.25, -0.2) is 4.98 Å². The largest absolute Gasteiger partial charge is 0.438 e. The molecule has 23 heavy (non-hydrogen) atoms. The summed E-state index contributed by atoms with van der Waals surface area (Å²) in [6.45, 7) is 0. The molecule has 108 valence electrons. The van der Waals surface area contributed by atoms with Crippen molar-refractivity contribution in [1.82, 2.24) is 9.97 Å². The summed E-state index contributed by atoms with van der Waals surface area (Å²) in [6.07, 6.45) is 1.81. The number of pyridine rings is 2. The molecule has 0 aliphatic heterocycles. The Bertz CT molecular complexity index is 1170. The van der Waals surface area contributed by atoms with E-state index in [0.717, 1.165) is 38.5 Å². The number of hydrogen-bond donors (Lipinski definition) is 0. The molecule has 3 nitrogen and oxygen atoms in total. The van der Waals surface area contributed by atoms with E-state index in [9.17, 15) is 0 Å². The standard InChI is InChI=1S/C20H12N2O/c1-2-9-18-14(7-1)15-10-11-17(22-20(15)23-18)16-8-3-5-13-6-4-12-21-19(13)16/h1-12H. The Balaban J connectivity index is 1.81. The van der Waals surface area contributed by atoms with Gasteiger partial charge in [0.1, 0.15) is 5.58 Å². The Morgan fingerprint density at radius 3 is 2.65 bits per heavy atom. The molecule has 2 aromatic carbocycles. The van der Waals surface area contributed by atoms with E-state index in [1.807, 2.05) is 48.7 Å². The van der Waals surface area contributed by atoms with Gasteiger partial charge in [0.2, 0.25) is 5.71 Å². The molecular weight excluding hydrogens is 284 g/mol. The molecule has 0 bridgehead atoms. The van der Waals surface area contributed by atoms with Gasteiger partial charge in [-0.3, -0.25) is 4.98 Å². The minimum atomic E-state index is 0.664. The quantitative estimate of drug-likeness (QED) is 0.427. The van der Waals surface area contributed by atoms with Gasteiger partial charge in [0.15, 0.2) is 0 Å². The van der Waals surface area contributed by atoms with Gasteiger partial charge in [-0.15, -0.1) is 0 Å². The number of benzene rings is 2. The average molecular weight is 296 g/mol. The van der Waals surface area contributed by atoms with Gasteiger partial charge in [-0.2, -0.15) is 0 Å². The van der Waals surface area contributed by atoms with Gasteiger partial charge in [0.25, 0.3) is 0 Å². The molecule has 0 saturated heterocycles. The van der Waals surface area contributed by atoms with E-state index >= 15 is 0 Å². The summed E-state index contributed by atoms with van der Waals surface area (Å²) >= 11 is 0. The topological polar surface area (TPSA) is 38.9 Å². The highest BCUT2D eigenvalue weighted by Gasteiger charge is 2.11. The van der Waals surface area contributed by atoms with Crippen LogP contribution in [0.15, 0.2) is 77.3 Å². The smallest absolute Gasteiger partial charge is 0.227 e. The fourth-order valence-electron chi connectivity index (χ4n) is 3.07. The highest BCUT2D eigenvalue weighted by atomic mass is 16.3. The van der Waals surface area contributed by atoms with Crippen molar-refractivity contribution in [1.29, 1.82) is 0 Å². The normalized spacial score (nSPS) is 11.5. The molecule has 0 aliphatic rings. The van der Waals surface area contributed by atoms with Crippen molar-refractivity contribution < 1.29 is 4.42 Å². The van der Waals surface area contributed by atoms with Crippen molar-refractivity contribution in [2.75, 3.05) is 0 Å². The van der Waals surface area contributed by atoms with Gasteiger partial charge < -0.3 is 4.42 Å². The number of fused-ring (bicyclic) bond motifs is 4. The van der Waals surface area contributed by atoms with Crippen LogP contribution in [0.2, 0.25) is 0 Å². The number of furan rings is 1. The molecule has 5 aromatic rings. The van der Waals surface area contributed by atoms with Crippen LogP contribution < -0.4 is 0 Å². The molecule has 3 heteroatoms. The lowest BCUT2D eigenvalue weighted by molar-refractivity contribution is 0.654. The minimum absolute atomic E-state index is 0.664. The maximum Gasteiger partial charge on any atom is 0.227 e. The molecule has 0 aliphatic carbocycles. The highest BCUT2D eigenvalue weighted by molar-refractivity contribution is 6.04. The Labute approximate surface area is 132 Å². The van der Waals surface area contributed by atoms with E-state index in [0.29, 0.717) is 5.71 Å². The lowest BCUT2D eigenvalue weighted by Gasteiger charge is -2.04. The number of rotatable bonds is 1. The Morgan fingerprint density at radius 1 is 0.739 bits per heavy atom. The Kier molecular flexibility index (Phi) is 2.50. The van der Waals surface area contributed by atoms with E-state index in [-0.39, 0.29) is 0 Å². The lowest BCUT2D eigenvalue weighted by Crippen LogP contribution is -1.87. The molecular formula is C20H12N2O. The lowest BCUT2D eigenvalue weighted by atomic mass is 10.1. The predicted molar refractivity (Wildman–Crippen MR) is 92.3 cm³/mol. The molecule has 0 unspecified atom stereocenters. The molecule has 0 amide bonds. The summed E-state index contributed by atoms with van der Waals surface area (Å²) in [5, 5.41) is 3.24. The van der Waals surface area contributed by atoms with E-state index in [1.54, 1.807) is 0 Å². The molecule has 0 spiro atoms. The van der Waals surface area contributed by atoms with Crippen LogP contribution in [0, 0.1) is 0 Å². The second kappa shape index (κ2) is 4.65.